The van der Waals surface area contributed by atoms with E-state index in [0.29, 0.717) is 23.7 Å². The van der Waals surface area contributed by atoms with Crippen LogP contribution in [-0.2, 0) is 21.2 Å². The van der Waals surface area contributed by atoms with Crippen molar-refractivity contribution in [3.63, 3.8) is 0 Å². The van der Waals surface area contributed by atoms with Gasteiger partial charge in [-0.05, 0) is 60.2 Å². The molecule has 0 aliphatic heterocycles. The smallest absolute Gasteiger partial charge is 0.257 e. The maximum Gasteiger partial charge on any atom is 0.257 e. The van der Waals surface area contributed by atoms with E-state index in [4.69, 9.17) is 21.5 Å². The lowest BCUT2D eigenvalue weighted by Gasteiger charge is -2.16. The van der Waals surface area contributed by atoms with Crippen molar-refractivity contribution in [3.8, 4) is 5.75 Å². The fourth-order valence-electron chi connectivity index (χ4n) is 2.63. The molecule has 0 saturated carbocycles. The third-order valence-corrected chi connectivity index (χ3v) is 5.60. The van der Waals surface area contributed by atoms with Gasteiger partial charge in [0.1, 0.15) is 5.75 Å². The normalized spacial score (nSPS) is 11.5. The van der Waals surface area contributed by atoms with Crippen LogP contribution in [-0.4, -0.2) is 27.5 Å². The molecule has 2 rings (SSSR count). The van der Waals surface area contributed by atoms with E-state index in [1.165, 1.54) is 12.1 Å². The van der Waals surface area contributed by atoms with Gasteiger partial charge in [-0.2, -0.15) is 0 Å². The number of nitrogens with one attached hydrogen (secondary N) is 1. The lowest BCUT2D eigenvalue weighted by atomic mass is 10.0. The lowest BCUT2D eigenvalue weighted by Crippen LogP contribution is -2.30. The Morgan fingerprint density at radius 2 is 1.86 bits per heavy atom. The summed E-state index contributed by atoms with van der Waals surface area (Å²) in [5.74, 6) is 0.644. The first-order valence-electron chi connectivity index (χ1n) is 8.89. The highest BCUT2D eigenvalue weighted by Crippen LogP contribution is 2.31. The number of benzene rings is 2. The number of carbonyl (C=O) groups excluding carboxylic acids is 1. The van der Waals surface area contributed by atoms with Crippen molar-refractivity contribution in [2.75, 3.05) is 13.2 Å². The average molecular weight is 425 g/mol. The third-order valence-electron chi connectivity index (χ3n) is 4.26. The van der Waals surface area contributed by atoms with Gasteiger partial charge in [0.25, 0.3) is 5.91 Å². The van der Waals surface area contributed by atoms with E-state index in [2.05, 4.69) is 5.32 Å². The predicted octanol–water partition coefficient (Wildman–Crippen LogP) is 3.16. The van der Waals surface area contributed by atoms with Crippen molar-refractivity contribution in [1.29, 1.82) is 0 Å². The maximum atomic E-state index is 12.1. The third kappa shape index (κ3) is 6.22. The van der Waals surface area contributed by atoms with Crippen LogP contribution < -0.4 is 15.2 Å². The van der Waals surface area contributed by atoms with Gasteiger partial charge >= 0.3 is 0 Å². The van der Waals surface area contributed by atoms with Gasteiger partial charge in [0.05, 0.1) is 4.90 Å². The Morgan fingerprint density at radius 1 is 1.21 bits per heavy atom. The van der Waals surface area contributed by atoms with Crippen LogP contribution >= 0.6 is 11.6 Å². The zero-order valence-electron chi connectivity index (χ0n) is 16.2. The van der Waals surface area contributed by atoms with E-state index in [9.17, 15) is 13.2 Å². The molecule has 0 spiro atoms. The second kappa shape index (κ2) is 9.41. The number of primary sulfonamides is 1. The number of hydrogen-bond donors (Lipinski definition) is 2. The van der Waals surface area contributed by atoms with Gasteiger partial charge in [0.2, 0.25) is 10.0 Å². The Kier molecular flexibility index (Phi) is 7.46. The average Bonchev–Trinajstić information content (AvgIpc) is 2.62. The Morgan fingerprint density at radius 3 is 2.43 bits per heavy atom. The molecule has 0 fully saturated rings. The number of halogens is 1. The summed E-state index contributed by atoms with van der Waals surface area (Å²) in [5.41, 5.74) is 2.74. The Balaban J connectivity index is 1.86. The molecule has 1 amide bonds. The number of aryl methyl sites for hydroxylation is 1. The zero-order chi connectivity index (χ0) is 20.9. The molecule has 28 heavy (non-hydrogen) atoms. The van der Waals surface area contributed by atoms with Crippen LogP contribution in [0.15, 0.2) is 41.3 Å². The highest BCUT2D eigenvalue weighted by atomic mass is 35.5. The molecule has 0 unspecified atom stereocenters. The summed E-state index contributed by atoms with van der Waals surface area (Å²) in [7, 11) is -3.70. The van der Waals surface area contributed by atoms with Crippen molar-refractivity contribution >= 4 is 27.5 Å². The molecule has 0 aromatic heterocycles. The molecule has 3 N–H and O–H groups in total. The number of carbonyl (C=O) groups is 1. The summed E-state index contributed by atoms with van der Waals surface area (Å²) in [6.07, 6.45) is 0.563. The number of rotatable bonds is 8. The van der Waals surface area contributed by atoms with E-state index < -0.39 is 10.0 Å². The van der Waals surface area contributed by atoms with Crippen LogP contribution in [0.1, 0.15) is 36.5 Å². The van der Waals surface area contributed by atoms with Gasteiger partial charge in [0, 0.05) is 11.6 Å². The summed E-state index contributed by atoms with van der Waals surface area (Å²) in [6.45, 7) is 6.28. The van der Waals surface area contributed by atoms with Crippen molar-refractivity contribution < 1.29 is 17.9 Å². The molecule has 152 valence electrons. The van der Waals surface area contributed by atoms with E-state index in [-0.39, 0.29) is 23.3 Å². The number of amides is 1. The van der Waals surface area contributed by atoms with E-state index in [0.717, 1.165) is 16.7 Å². The summed E-state index contributed by atoms with van der Waals surface area (Å²) in [6, 6.07) is 9.97. The minimum Gasteiger partial charge on any atom is -0.483 e. The minimum atomic E-state index is -3.70. The molecule has 0 saturated heterocycles. The first-order valence-corrected chi connectivity index (χ1v) is 10.8. The van der Waals surface area contributed by atoms with Crippen LogP contribution in [0.5, 0.6) is 5.75 Å². The van der Waals surface area contributed by atoms with Crippen LogP contribution in [0.3, 0.4) is 0 Å². The number of hydrogen-bond acceptors (Lipinski definition) is 4. The maximum absolute atomic E-state index is 12.1. The van der Waals surface area contributed by atoms with Crippen LogP contribution in [0.4, 0.5) is 0 Å². The molecule has 0 bridgehead atoms. The van der Waals surface area contributed by atoms with Gasteiger partial charge in [-0.15, -0.1) is 0 Å². The molecular formula is C20H25ClN2O4S. The Labute approximate surface area is 171 Å². The van der Waals surface area contributed by atoms with Gasteiger partial charge in [-0.25, -0.2) is 13.6 Å². The Hall–Kier alpha value is -2.09. The second-order valence-electron chi connectivity index (χ2n) is 6.87. The van der Waals surface area contributed by atoms with Crippen molar-refractivity contribution in [3.05, 3.63) is 58.1 Å². The first kappa shape index (κ1) is 22.2. The minimum absolute atomic E-state index is 0.0629. The molecular weight excluding hydrogens is 400 g/mol. The van der Waals surface area contributed by atoms with E-state index in [1.807, 2.05) is 32.9 Å². The highest BCUT2D eigenvalue weighted by molar-refractivity contribution is 7.89. The first-order chi connectivity index (χ1) is 13.1. The monoisotopic (exact) mass is 424 g/mol. The van der Waals surface area contributed by atoms with E-state index >= 15 is 0 Å². The van der Waals surface area contributed by atoms with Crippen molar-refractivity contribution in [2.24, 2.45) is 5.14 Å². The fourth-order valence-corrected chi connectivity index (χ4v) is 3.32. The molecule has 2 aromatic rings. The fraction of sp³-hybridized carbons (Fsp3) is 0.350. The molecule has 0 aliphatic rings. The van der Waals surface area contributed by atoms with Gasteiger partial charge < -0.3 is 10.1 Å². The molecule has 0 aliphatic carbocycles. The summed E-state index contributed by atoms with van der Waals surface area (Å²) in [4.78, 5) is 12.1. The van der Waals surface area contributed by atoms with E-state index in [1.54, 1.807) is 12.1 Å². The summed E-state index contributed by atoms with van der Waals surface area (Å²) >= 11 is 6.18. The second-order valence-corrected chi connectivity index (χ2v) is 8.84. The van der Waals surface area contributed by atoms with Crippen LogP contribution in [0, 0.1) is 6.92 Å². The molecule has 0 heterocycles. The SMILES string of the molecule is Cc1cc(OCC(=O)NCCc2ccc(S(N)(=O)=O)cc2)c(C(C)C)cc1Cl. The Bertz CT molecular complexity index is 941. The van der Waals surface area contributed by atoms with Gasteiger partial charge in [-0.3, -0.25) is 4.79 Å². The zero-order valence-corrected chi connectivity index (χ0v) is 17.7. The van der Waals surface area contributed by atoms with Crippen LogP contribution in [0.2, 0.25) is 5.02 Å². The number of nitrogens with two attached hydrogens (primary N) is 1. The van der Waals surface area contributed by atoms with Gasteiger partial charge in [-0.1, -0.05) is 37.6 Å². The number of ether oxygens (including phenoxy) is 1. The topological polar surface area (TPSA) is 98.5 Å². The highest BCUT2D eigenvalue weighted by Gasteiger charge is 2.13. The van der Waals surface area contributed by atoms with Gasteiger partial charge in [0.15, 0.2) is 6.61 Å². The van der Waals surface area contributed by atoms with Crippen molar-refractivity contribution in [2.45, 2.75) is 38.0 Å². The predicted molar refractivity (Wildman–Crippen MR) is 110 cm³/mol. The lowest BCUT2D eigenvalue weighted by molar-refractivity contribution is -0.123. The summed E-state index contributed by atoms with van der Waals surface area (Å²) < 4.78 is 28.2. The molecule has 0 radical (unpaired) electrons. The molecule has 0 atom stereocenters. The largest absolute Gasteiger partial charge is 0.483 e. The molecule has 2 aromatic carbocycles. The standard InChI is InChI=1S/C20H25ClN2O4S/c1-13(2)17-11-18(21)14(3)10-19(17)27-12-20(24)23-9-8-15-4-6-16(7-5-15)28(22,25)26/h4-7,10-11,13H,8-9,12H2,1-3H3,(H,23,24)(H2,22,25,26). The number of sulfonamides is 1. The summed E-state index contributed by atoms with van der Waals surface area (Å²) in [5, 5.41) is 8.53. The molecule has 8 heteroatoms. The van der Waals surface area contributed by atoms with Crippen LogP contribution in [0.25, 0.3) is 0 Å². The van der Waals surface area contributed by atoms with Crippen molar-refractivity contribution in [1.82, 2.24) is 5.32 Å². The molecule has 6 nitrogen and oxygen atoms in total. The quantitative estimate of drug-likeness (QED) is 0.679.